The Bertz CT molecular complexity index is 56.9. The number of hydrogen-bond acceptors (Lipinski definition) is 1. The van der Waals surface area contributed by atoms with Gasteiger partial charge >= 0.3 is 0 Å². The molecule has 56 valence electrons. The van der Waals surface area contributed by atoms with Gasteiger partial charge in [0.05, 0.1) is 0 Å². The summed E-state index contributed by atoms with van der Waals surface area (Å²) in [5, 5.41) is 0. The van der Waals surface area contributed by atoms with E-state index in [-0.39, 0.29) is 0 Å². The maximum absolute atomic E-state index is 12.5. The van der Waals surface area contributed by atoms with Crippen LogP contribution in [0.1, 0.15) is 26.2 Å². The molecular weight excluding hydrogens is 119 g/mol. The van der Waals surface area contributed by atoms with Crippen molar-refractivity contribution in [3.63, 3.8) is 0 Å². The van der Waals surface area contributed by atoms with Gasteiger partial charge in [-0.25, -0.2) is 4.39 Å². The standard InChI is InChI=1S/C7H15FO/c1-3-4-7(8)5-6-9-2/h7H,3-6H2,1-2H3. The molecule has 0 saturated carbocycles. The highest BCUT2D eigenvalue weighted by atomic mass is 19.1. The molecule has 0 heterocycles. The van der Waals surface area contributed by atoms with E-state index in [4.69, 9.17) is 4.74 Å². The van der Waals surface area contributed by atoms with Crippen LogP contribution < -0.4 is 0 Å². The molecule has 9 heavy (non-hydrogen) atoms. The van der Waals surface area contributed by atoms with Crippen LogP contribution in [0, 0.1) is 0 Å². The van der Waals surface area contributed by atoms with E-state index in [1.54, 1.807) is 7.11 Å². The lowest BCUT2D eigenvalue weighted by Crippen LogP contribution is -2.03. The highest BCUT2D eigenvalue weighted by molar-refractivity contribution is 4.52. The third-order valence-corrected chi connectivity index (χ3v) is 1.24. The molecule has 0 rings (SSSR count). The molecule has 1 nitrogen and oxygen atoms in total. The van der Waals surface area contributed by atoms with E-state index in [1.807, 2.05) is 6.92 Å². The molecule has 0 aliphatic carbocycles. The summed E-state index contributed by atoms with van der Waals surface area (Å²) in [6.45, 7) is 2.53. The first-order chi connectivity index (χ1) is 4.31. The van der Waals surface area contributed by atoms with Crippen LogP contribution in [-0.2, 0) is 4.74 Å². The molecule has 1 unspecified atom stereocenters. The fourth-order valence-corrected chi connectivity index (χ4v) is 0.703. The molecule has 0 radical (unpaired) electrons. The molecule has 0 aromatic carbocycles. The van der Waals surface area contributed by atoms with Crippen LogP contribution in [0.5, 0.6) is 0 Å². The summed E-state index contributed by atoms with van der Waals surface area (Å²) >= 11 is 0. The number of ether oxygens (including phenoxy) is 1. The van der Waals surface area contributed by atoms with E-state index in [0.717, 1.165) is 6.42 Å². The van der Waals surface area contributed by atoms with Gasteiger partial charge in [0.2, 0.25) is 0 Å². The Balaban J connectivity index is 2.95. The lowest BCUT2D eigenvalue weighted by Gasteiger charge is -2.03. The first-order valence-electron chi connectivity index (χ1n) is 3.44. The van der Waals surface area contributed by atoms with Gasteiger partial charge in [-0.2, -0.15) is 0 Å². The summed E-state index contributed by atoms with van der Waals surface area (Å²) in [4.78, 5) is 0. The van der Waals surface area contributed by atoms with Gasteiger partial charge in [-0.05, 0) is 6.42 Å². The second kappa shape index (κ2) is 6.02. The van der Waals surface area contributed by atoms with Gasteiger partial charge in [0.15, 0.2) is 0 Å². The lowest BCUT2D eigenvalue weighted by atomic mass is 10.2. The van der Waals surface area contributed by atoms with Crippen molar-refractivity contribution >= 4 is 0 Å². The van der Waals surface area contributed by atoms with Crippen LogP contribution >= 0.6 is 0 Å². The first kappa shape index (κ1) is 8.89. The number of rotatable bonds is 5. The maximum Gasteiger partial charge on any atom is 0.102 e. The topological polar surface area (TPSA) is 9.23 Å². The highest BCUT2D eigenvalue weighted by Crippen LogP contribution is 2.05. The Labute approximate surface area is 56.2 Å². The summed E-state index contributed by atoms with van der Waals surface area (Å²) in [6.07, 6.45) is 1.48. The molecule has 2 heteroatoms. The number of alkyl halides is 1. The predicted octanol–water partition coefficient (Wildman–Crippen LogP) is 2.16. The molecule has 1 atom stereocenters. The minimum atomic E-state index is -0.657. The Kier molecular flexibility index (Phi) is 5.94. The average molecular weight is 134 g/mol. The van der Waals surface area contributed by atoms with Gasteiger partial charge < -0.3 is 4.74 Å². The summed E-state index contributed by atoms with van der Waals surface area (Å²) in [6, 6.07) is 0. The monoisotopic (exact) mass is 134 g/mol. The molecular formula is C7H15FO. The van der Waals surface area contributed by atoms with Crippen molar-refractivity contribution in [1.82, 2.24) is 0 Å². The number of hydrogen-bond donors (Lipinski definition) is 0. The molecule has 0 bridgehead atoms. The fraction of sp³-hybridized carbons (Fsp3) is 1.00. The normalized spacial score (nSPS) is 13.7. The van der Waals surface area contributed by atoms with Crippen molar-refractivity contribution in [3.8, 4) is 0 Å². The zero-order valence-corrected chi connectivity index (χ0v) is 6.19. The van der Waals surface area contributed by atoms with Crippen molar-refractivity contribution in [2.24, 2.45) is 0 Å². The second-order valence-corrected chi connectivity index (χ2v) is 2.17. The molecule has 0 aromatic heterocycles. The van der Waals surface area contributed by atoms with Crippen LogP contribution in [0.3, 0.4) is 0 Å². The Morgan fingerprint density at radius 3 is 2.56 bits per heavy atom. The van der Waals surface area contributed by atoms with E-state index >= 15 is 0 Å². The Morgan fingerprint density at radius 1 is 1.44 bits per heavy atom. The average Bonchev–Trinajstić information content (AvgIpc) is 1.85. The smallest absolute Gasteiger partial charge is 0.102 e. The molecule has 0 saturated heterocycles. The summed E-state index contributed by atoms with van der Waals surface area (Å²) < 4.78 is 17.2. The van der Waals surface area contributed by atoms with Crippen LogP contribution in [0.2, 0.25) is 0 Å². The molecule has 0 amide bonds. The van der Waals surface area contributed by atoms with Gasteiger partial charge in [0.1, 0.15) is 6.17 Å². The summed E-state index contributed by atoms with van der Waals surface area (Å²) in [5.74, 6) is 0. The Morgan fingerprint density at radius 2 is 2.11 bits per heavy atom. The van der Waals surface area contributed by atoms with Crippen LogP contribution in [-0.4, -0.2) is 19.9 Å². The van der Waals surface area contributed by atoms with Crippen LogP contribution in [0.15, 0.2) is 0 Å². The van der Waals surface area contributed by atoms with E-state index in [0.29, 0.717) is 19.4 Å². The maximum atomic E-state index is 12.5. The Hall–Kier alpha value is -0.110. The van der Waals surface area contributed by atoms with Gasteiger partial charge in [0, 0.05) is 20.1 Å². The minimum Gasteiger partial charge on any atom is -0.385 e. The van der Waals surface area contributed by atoms with Crippen molar-refractivity contribution in [3.05, 3.63) is 0 Å². The van der Waals surface area contributed by atoms with Gasteiger partial charge in [-0.15, -0.1) is 0 Å². The minimum absolute atomic E-state index is 0.543. The summed E-state index contributed by atoms with van der Waals surface area (Å²) in [5.41, 5.74) is 0. The second-order valence-electron chi connectivity index (χ2n) is 2.17. The van der Waals surface area contributed by atoms with Crippen molar-refractivity contribution in [2.45, 2.75) is 32.4 Å². The quantitative estimate of drug-likeness (QED) is 0.560. The first-order valence-corrected chi connectivity index (χ1v) is 3.44. The van der Waals surface area contributed by atoms with E-state index in [9.17, 15) is 4.39 Å². The third kappa shape index (κ3) is 5.77. The molecule has 0 aliphatic heterocycles. The molecule has 0 spiro atoms. The van der Waals surface area contributed by atoms with E-state index in [2.05, 4.69) is 0 Å². The SMILES string of the molecule is CCCC(F)CCOC. The zero-order valence-electron chi connectivity index (χ0n) is 6.19. The van der Waals surface area contributed by atoms with E-state index in [1.165, 1.54) is 0 Å². The van der Waals surface area contributed by atoms with Crippen molar-refractivity contribution < 1.29 is 9.13 Å². The summed E-state index contributed by atoms with van der Waals surface area (Å²) in [7, 11) is 1.60. The van der Waals surface area contributed by atoms with Crippen LogP contribution in [0.4, 0.5) is 4.39 Å². The predicted molar refractivity (Wildman–Crippen MR) is 36.3 cm³/mol. The van der Waals surface area contributed by atoms with Gasteiger partial charge in [-0.3, -0.25) is 0 Å². The van der Waals surface area contributed by atoms with E-state index < -0.39 is 6.17 Å². The molecule has 0 aliphatic rings. The zero-order chi connectivity index (χ0) is 7.11. The lowest BCUT2D eigenvalue weighted by molar-refractivity contribution is 0.157. The third-order valence-electron chi connectivity index (χ3n) is 1.24. The molecule has 0 N–H and O–H groups in total. The largest absolute Gasteiger partial charge is 0.385 e. The van der Waals surface area contributed by atoms with Crippen molar-refractivity contribution in [1.29, 1.82) is 0 Å². The van der Waals surface area contributed by atoms with Gasteiger partial charge in [-0.1, -0.05) is 13.3 Å². The fourth-order valence-electron chi connectivity index (χ4n) is 0.703. The number of methoxy groups -OCH3 is 1. The molecule has 0 fully saturated rings. The highest BCUT2D eigenvalue weighted by Gasteiger charge is 2.02. The van der Waals surface area contributed by atoms with Crippen LogP contribution in [0.25, 0.3) is 0 Å². The van der Waals surface area contributed by atoms with Crippen molar-refractivity contribution in [2.75, 3.05) is 13.7 Å². The van der Waals surface area contributed by atoms with Gasteiger partial charge in [0.25, 0.3) is 0 Å². The molecule has 0 aromatic rings. The number of halogens is 1.